The predicted octanol–water partition coefficient (Wildman–Crippen LogP) is 4.26. The fourth-order valence-corrected chi connectivity index (χ4v) is 6.08. The zero-order chi connectivity index (χ0) is 24.5. The molecule has 7 nitrogen and oxygen atoms in total. The molecule has 2 aromatic carbocycles. The van der Waals surface area contributed by atoms with Crippen LogP contribution >= 0.6 is 0 Å². The van der Waals surface area contributed by atoms with Crippen LogP contribution in [0.5, 0.6) is 0 Å². The number of nitrogens with zero attached hydrogens (tertiary/aromatic N) is 1. The van der Waals surface area contributed by atoms with Gasteiger partial charge >= 0.3 is 12.1 Å². The first-order chi connectivity index (χ1) is 16.9. The third-order valence-corrected chi connectivity index (χ3v) is 7.93. The quantitative estimate of drug-likeness (QED) is 0.672. The normalized spacial score (nSPS) is 25.6. The number of hydrogen-bond acceptors (Lipinski definition) is 4. The molecule has 0 spiro atoms. The average molecular weight is 477 g/mol. The summed E-state index contributed by atoms with van der Waals surface area (Å²) in [6, 6.07) is 16.3. The fraction of sp³-hybridized carbons (Fsp3) is 0.464. The lowest BCUT2D eigenvalue weighted by molar-refractivity contribution is -0.142. The highest BCUT2D eigenvalue weighted by Crippen LogP contribution is 2.44. The molecule has 1 saturated carbocycles. The summed E-state index contributed by atoms with van der Waals surface area (Å²) >= 11 is 0. The van der Waals surface area contributed by atoms with Crippen molar-refractivity contribution >= 4 is 18.0 Å². The topological polar surface area (TPSA) is 95.9 Å². The summed E-state index contributed by atoms with van der Waals surface area (Å²) in [6.45, 7) is 2.90. The number of benzene rings is 2. The Labute approximate surface area is 205 Å². The van der Waals surface area contributed by atoms with Crippen molar-refractivity contribution in [3.05, 3.63) is 59.7 Å². The van der Waals surface area contributed by atoms with Gasteiger partial charge < -0.3 is 20.1 Å². The Kier molecular flexibility index (Phi) is 6.50. The van der Waals surface area contributed by atoms with Crippen LogP contribution in [0.2, 0.25) is 0 Å². The van der Waals surface area contributed by atoms with E-state index in [0.29, 0.717) is 13.0 Å². The molecule has 1 heterocycles. The number of carboxylic acids is 1. The van der Waals surface area contributed by atoms with Crippen LogP contribution in [0.1, 0.15) is 49.7 Å². The van der Waals surface area contributed by atoms with Crippen molar-refractivity contribution in [1.82, 2.24) is 10.2 Å². The molecule has 2 fully saturated rings. The summed E-state index contributed by atoms with van der Waals surface area (Å²) in [5, 5.41) is 12.3. The van der Waals surface area contributed by atoms with Crippen LogP contribution in [0.4, 0.5) is 4.79 Å². The maximum Gasteiger partial charge on any atom is 0.407 e. The Balaban J connectivity index is 1.16. The van der Waals surface area contributed by atoms with Gasteiger partial charge in [-0.3, -0.25) is 9.59 Å². The van der Waals surface area contributed by atoms with Gasteiger partial charge in [0.25, 0.3) is 0 Å². The smallest absolute Gasteiger partial charge is 0.407 e. The van der Waals surface area contributed by atoms with Crippen molar-refractivity contribution in [2.75, 3.05) is 19.7 Å². The van der Waals surface area contributed by atoms with Crippen LogP contribution in [0.25, 0.3) is 11.1 Å². The Hall–Kier alpha value is -3.35. The zero-order valence-electron chi connectivity index (χ0n) is 20.0. The molecule has 1 aliphatic heterocycles. The molecule has 0 aromatic heterocycles. The van der Waals surface area contributed by atoms with E-state index in [1.165, 1.54) is 22.3 Å². The van der Waals surface area contributed by atoms with Gasteiger partial charge in [-0.1, -0.05) is 61.9 Å². The molecule has 3 aliphatic rings. The number of carboxylic acid groups (broad SMARTS) is 1. The van der Waals surface area contributed by atoms with Crippen LogP contribution in [-0.2, 0) is 14.3 Å². The standard InChI is InChI=1S/C28H32N2O5/c1-17-14-30(15-24(17)27(32)33)26(31)18-7-6-8-19(13-18)29-28(34)35-16-25-22-11-4-2-9-20(22)21-10-3-5-12-23(21)25/h2-5,9-12,17-19,24-25H,6-8,13-16H2,1H3,(H,29,34)(H,32,33)/t17?,18-,19-,24?/m1/s1. The van der Waals surface area contributed by atoms with E-state index >= 15 is 0 Å². The first kappa shape index (κ1) is 23.4. The maximum atomic E-state index is 13.1. The van der Waals surface area contributed by atoms with Crippen molar-refractivity contribution in [3.8, 4) is 11.1 Å². The minimum atomic E-state index is -0.841. The molecule has 35 heavy (non-hydrogen) atoms. The maximum absolute atomic E-state index is 13.1. The highest BCUT2D eigenvalue weighted by Gasteiger charge is 2.40. The molecule has 2 aliphatic carbocycles. The number of ether oxygens (including phenoxy) is 1. The number of likely N-dealkylation sites (tertiary alicyclic amines) is 1. The number of alkyl carbamates (subject to hydrolysis) is 1. The summed E-state index contributed by atoms with van der Waals surface area (Å²) in [5.74, 6) is -1.56. The second-order valence-electron chi connectivity index (χ2n) is 10.2. The highest BCUT2D eigenvalue weighted by atomic mass is 16.5. The summed E-state index contributed by atoms with van der Waals surface area (Å²) in [4.78, 5) is 38.9. The van der Waals surface area contributed by atoms with Crippen LogP contribution in [0, 0.1) is 17.8 Å². The third kappa shape index (κ3) is 4.64. The lowest BCUT2D eigenvalue weighted by atomic mass is 9.85. The number of rotatable bonds is 5. The second kappa shape index (κ2) is 9.72. The van der Waals surface area contributed by atoms with Gasteiger partial charge in [0.05, 0.1) is 5.92 Å². The van der Waals surface area contributed by atoms with Crippen molar-refractivity contribution in [2.24, 2.45) is 17.8 Å². The van der Waals surface area contributed by atoms with Crippen molar-refractivity contribution < 1.29 is 24.2 Å². The van der Waals surface area contributed by atoms with Gasteiger partial charge in [-0.15, -0.1) is 0 Å². The van der Waals surface area contributed by atoms with Gasteiger partial charge in [0, 0.05) is 31.0 Å². The van der Waals surface area contributed by atoms with Crippen LogP contribution in [0.15, 0.2) is 48.5 Å². The molecule has 2 aromatic rings. The van der Waals surface area contributed by atoms with Gasteiger partial charge in [-0.05, 0) is 47.4 Å². The number of aliphatic carboxylic acids is 1. The van der Waals surface area contributed by atoms with Crippen molar-refractivity contribution in [2.45, 2.75) is 44.6 Å². The molecule has 0 radical (unpaired) electrons. The second-order valence-corrected chi connectivity index (χ2v) is 10.2. The molecule has 4 atom stereocenters. The van der Waals surface area contributed by atoms with Gasteiger partial charge in [0.15, 0.2) is 0 Å². The number of nitrogens with one attached hydrogen (secondary N) is 1. The van der Waals surface area contributed by atoms with E-state index in [4.69, 9.17) is 4.74 Å². The third-order valence-electron chi connectivity index (χ3n) is 7.93. The molecule has 2 unspecified atom stereocenters. The SMILES string of the molecule is CC1CN(C(=O)[C@@H]2CCC[C@@H](NC(=O)OCC3c4ccccc4-c4ccccc43)C2)CC1C(=O)O. The number of carbonyl (C=O) groups is 3. The highest BCUT2D eigenvalue weighted by molar-refractivity contribution is 5.81. The summed E-state index contributed by atoms with van der Waals surface area (Å²) in [7, 11) is 0. The number of carbonyl (C=O) groups excluding carboxylic acids is 2. The minimum Gasteiger partial charge on any atom is -0.481 e. The van der Waals surface area contributed by atoms with Crippen LogP contribution in [0.3, 0.4) is 0 Å². The first-order valence-corrected chi connectivity index (χ1v) is 12.6. The Morgan fingerprint density at radius 3 is 2.29 bits per heavy atom. The summed E-state index contributed by atoms with van der Waals surface area (Å²) < 4.78 is 5.68. The molecule has 184 valence electrons. The van der Waals surface area contributed by atoms with E-state index in [9.17, 15) is 19.5 Å². The van der Waals surface area contributed by atoms with E-state index in [0.717, 1.165) is 19.3 Å². The average Bonchev–Trinajstić information content (AvgIpc) is 3.41. The van der Waals surface area contributed by atoms with E-state index in [1.54, 1.807) is 4.90 Å². The van der Waals surface area contributed by atoms with Crippen molar-refractivity contribution in [3.63, 3.8) is 0 Å². The van der Waals surface area contributed by atoms with Gasteiger partial charge in [-0.2, -0.15) is 0 Å². The minimum absolute atomic E-state index is 0.00756. The van der Waals surface area contributed by atoms with E-state index in [1.807, 2.05) is 31.2 Å². The van der Waals surface area contributed by atoms with Crippen LogP contribution < -0.4 is 5.32 Å². The van der Waals surface area contributed by atoms with E-state index < -0.39 is 18.0 Å². The van der Waals surface area contributed by atoms with Crippen molar-refractivity contribution in [1.29, 1.82) is 0 Å². The molecule has 2 amide bonds. The molecule has 5 rings (SSSR count). The number of hydrogen-bond donors (Lipinski definition) is 2. The predicted molar refractivity (Wildman–Crippen MR) is 131 cm³/mol. The summed E-state index contributed by atoms with van der Waals surface area (Å²) in [6.07, 6.45) is 2.53. The monoisotopic (exact) mass is 476 g/mol. The fourth-order valence-electron chi connectivity index (χ4n) is 6.08. The molecule has 7 heteroatoms. The number of amides is 2. The summed E-state index contributed by atoms with van der Waals surface area (Å²) in [5.41, 5.74) is 4.72. The van der Waals surface area contributed by atoms with Gasteiger partial charge in [0.2, 0.25) is 5.91 Å². The lowest BCUT2D eigenvalue weighted by Crippen LogP contribution is -2.43. The number of fused-ring (bicyclic) bond motifs is 3. The first-order valence-electron chi connectivity index (χ1n) is 12.6. The van der Waals surface area contributed by atoms with E-state index in [-0.39, 0.29) is 42.9 Å². The molecule has 1 saturated heterocycles. The van der Waals surface area contributed by atoms with E-state index in [2.05, 4.69) is 29.6 Å². The molecular weight excluding hydrogens is 444 g/mol. The zero-order valence-corrected chi connectivity index (χ0v) is 20.0. The molecule has 2 N–H and O–H groups in total. The van der Waals surface area contributed by atoms with Gasteiger partial charge in [-0.25, -0.2) is 4.79 Å². The molecular formula is C28H32N2O5. The largest absolute Gasteiger partial charge is 0.481 e. The van der Waals surface area contributed by atoms with Gasteiger partial charge in [0.1, 0.15) is 6.61 Å². The lowest BCUT2D eigenvalue weighted by Gasteiger charge is -2.31. The van der Waals surface area contributed by atoms with Crippen LogP contribution in [-0.4, -0.2) is 53.7 Å². The molecule has 0 bridgehead atoms. The Morgan fingerprint density at radius 1 is 1.00 bits per heavy atom. The Morgan fingerprint density at radius 2 is 1.66 bits per heavy atom. The Bertz CT molecular complexity index is 1090.